The smallest absolute Gasteiger partial charge is 0.171 e. The number of benzene rings is 1. The Labute approximate surface area is 129 Å². The number of hydrogen-bond acceptors (Lipinski definition) is 3. The summed E-state index contributed by atoms with van der Waals surface area (Å²) < 4.78 is 7.10. The zero-order valence-electron chi connectivity index (χ0n) is 11.9. The summed E-state index contributed by atoms with van der Waals surface area (Å²) >= 11 is 5.25. The number of anilines is 1. The van der Waals surface area contributed by atoms with Gasteiger partial charge in [0.2, 0.25) is 0 Å². The molecule has 0 saturated heterocycles. The van der Waals surface area contributed by atoms with E-state index < -0.39 is 0 Å². The number of hydrogen-bond donors (Lipinski definition) is 2. The molecule has 0 bridgehead atoms. The lowest BCUT2D eigenvalue weighted by atomic mass is 10.2. The minimum absolute atomic E-state index is 0.553. The summed E-state index contributed by atoms with van der Waals surface area (Å²) in [6.45, 7) is 0.696. The van der Waals surface area contributed by atoms with Gasteiger partial charge in [0.05, 0.1) is 25.5 Å². The zero-order valence-corrected chi connectivity index (χ0v) is 12.7. The predicted molar refractivity (Wildman–Crippen MR) is 86.7 cm³/mol. The number of methoxy groups -OCH3 is 1. The minimum atomic E-state index is 0.553. The molecule has 1 aromatic heterocycles. The summed E-state index contributed by atoms with van der Waals surface area (Å²) in [6.07, 6.45) is 6.13. The molecule has 21 heavy (non-hydrogen) atoms. The highest BCUT2D eigenvalue weighted by molar-refractivity contribution is 7.80. The van der Waals surface area contributed by atoms with Gasteiger partial charge in [0.25, 0.3) is 0 Å². The molecule has 2 N–H and O–H groups in total. The van der Waals surface area contributed by atoms with Crippen LogP contribution in [-0.4, -0.2) is 28.0 Å². The molecule has 0 spiro atoms. The van der Waals surface area contributed by atoms with Gasteiger partial charge in [-0.15, -0.1) is 0 Å². The molecule has 0 aliphatic heterocycles. The number of ether oxygens (including phenoxy) is 1. The second-order valence-corrected chi connectivity index (χ2v) is 5.56. The Kier molecular flexibility index (Phi) is 4.06. The lowest BCUT2D eigenvalue weighted by Gasteiger charge is -2.07. The second kappa shape index (κ2) is 6.13. The molecule has 0 radical (unpaired) electrons. The molecule has 3 rings (SSSR count). The van der Waals surface area contributed by atoms with Gasteiger partial charge in [-0.05, 0) is 42.8 Å². The van der Waals surface area contributed by atoms with E-state index in [1.807, 2.05) is 29.1 Å². The lowest BCUT2D eigenvalue weighted by molar-refractivity contribution is 0.414. The van der Waals surface area contributed by atoms with E-state index in [1.165, 1.54) is 12.8 Å². The van der Waals surface area contributed by atoms with Crippen LogP contribution >= 0.6 is 12.2 Å². The monoisotopic (exact) mass is 302 g/mol. The van der Waals surface area contributed by atoms with Crippen molar-refractivity contribution in [1.82, 2.24) is 15.1 Å². The van der Waals surface area contributed by atoms with E-state index >= 15 is 0 Å². The lowest BCUT2D eigenvalue weighted by Crippen LogP contribution is -2.29. The van der Waals surface area contributed by atoms with Crippen molar-refractivity contribution in [3.8, 4) is 5.75 Å². The zero-order chi connectivity index (χ0) is 14.7. The maximum Gasteiger partial charge on any atom is 0.171 e. The summed E-state index contributed by atoms with van der Waals surface area (Å²) in [6, 6.07) is 8.52. The average Bonchev–Trinajstić information content (AvgIpc) is 3.18. The maximum absolute atomic E-state index is 5.25. The van der Waals surface area contributed by atoms with E-state index in [-0.39, 0.29) is 0 Å². The van der Waals surface area contributed by atoms with E-state index in [1.54, 1.807) is 13.3 Å². The SMILES string of the molecule is COc1cccc(Cn2cc(NC(=S)NC3CC3)cn2)c1. The molecule has 0 amide bonds. The Balaban J connectivity index is 1.59. The molecule has 2 aromatic rings. The van der Waals surface area contributed by atoms with Crippen LogP contribution in [0.1, 0.15) is 18.4 Å². The number of aromatic nitrogens is 2. The number of thiocarbonyl (C=S) groups is 1. The molecule has 0 unspecified atom stereocenters. The summed E-state index contributed by atoms with van der Waals surface area (Å²) in [7, 11) is 1.67. The molecule has 5 nitrogen and oxygen atoms in total. The van der Waals surface area contributed by atoms with Gasteiger partial charge in [-0.1, -0.05) is 12.1 Å². The summed E-state index contributed by atoms with van der Waals surface area (Å²) in [5.74, 6) is 0.854. The van der Waals surface area contributed by atoms with Crippen LogP contribution in [-0.2, 0) is 6.54 Å². The van der Waals surface area contributed by atoms with Crippen LogP contribution in [0.5, 0.6) is 5.75 Å². The van der Waals surface area contributed by atoms with Crippen LogP contribution < -0.4 is 15.4 Å². The first-order valence-corrected chi connectivity index (χ1v) is 7.36. The van der Waals surface area contributed by atoms with Gasteiger partial charge in [0, 0.05) is 12.2 Å². The van der Waals surface area contributed by atoms with Gasteiger partial charge in [0.1, 0.15) is 5.75 Å². The van der Waals surface area contributed by atoms with Crippen molar-refractivity contribution >= 4 is 23.0 Å². The first-order chi connectivity index (χ1) is 10.2. The molecule has 1 aliphatic carbocycles. The molecule has 0 atom stereocenters. The molecule has 6 heteroatoms. The summed E-state index contributed by atoms with van der Waals surface area (Å²) in [5, 5.41) is 11.4. The van der Waals surface area contributed by atoms with Gasteiger partial charge < -0.3 is 15.4 Å². The average molecular weight is 302 g/mol. The highest BCUT2D eigenvalue weighted by atomic mass is 32.1. The fourth-order valence-electron chi connectivity index (χ4n) is 2.05. The van der Waals surface area contributed by atoms with Crippen LogP contribution in [0.15, 0.2) is 36.7 Å². The fraction of sp³-hybridized carbons (Fsp3) is 0.333. The van der Waals surface area contributed by atoms with Crippen LogP contribution in [0.4, 0.5) is 5.69 Å². The fourth-order valence-corrected chi connectivity index (χ4v) is 2.34. The third-order valence-corrected chi connectivity index (χ3v) is 3.50. The van der Waals surface area contributed by atoms with E-state index in [9.17, 15) is 0 Å². The standard InChI is InChI=1S/C15H18N4OS/c1-20-14-4-2-3-11(7-14)9-19-10-13(8-16-19)18-15(21)17-12-5-6-12/h2-4,7-8,10,12H,5-6,9H2,1H3,(H2,17,18,21). The van der Waals surface area contributed by atoms with Crippen molar-refractivity contribution in [1.29, 1.82) is 0 Å². The van der Waals surface area contributed by atoms with Crippen molar-refractivity contribution in [3.63, 3.8) is 0 Å². The molecule has 110 valence electrons. The number of rotatable bonds is 5. The van der Waals surface area contributed by atoms with Gasteiger partial charge in [-0.2, -0.15) is 5.10 Å². The third-order valence-electron chi connectivity index (χ3n) is 3.28. The van der Waals surface area contributed by atoms with Crippen molar-refractivity contribution in [2.24, 2.45) is 0 Å². The van der Waals surface area contributed by atoms with Crippen LogP contribution in [0, 0.1) is 0 Å². The van der Waals surface area contributed by atoms with Crippen molar-refractivity contribution < 1.29 is 4.74 Å². The first kappa shape index (κ1) is 13.9. The number of nitrogens with zero attached hydrogens (tertiary/aromatic N) is 2. The van der Waals surface area contributed by atoms with E-state index in [0.717, 1.165) is 17.0 Å². The Morgan fingerprint density at radius 1 is 1.48 bits per heavy atom. The minimum Gasteiger partial charge on any atom is -0.497 e. The summed E-state index contributed by atoms with van der Waals surface area (Å²) in [4.78, 5) is 0. The Morgan fingerprint density at radius 3 is 3.10 bits per heavy atom. The molecule has 1 fully saturated rings. The Hall–Kier alpha value is -2.08. The van der Waals surface area contributed by atoms with E-state index in [0.29, 0.717) is 17.7 Å². The summed E-state index contributed by atoms with van der Waals surface area (Å²) in [5.41, 5.74) is 2.04. The van der Waals surface area contributed by atoms with E-state index in [4.69, 9.17) is 17.0 Å². The molecular formula is C15H18N4OS. The first-order valence-electron chi connectivity index (χ1n) is 6.96. The quantitative estimate of drug-likeness (QED) is 0.831. The van der Waals surface area contributed by atoms with Crippen molar-refractivity contribution in [2.75, 3.05) is 12.4 Å². The van der Waals surface area contributed by atoms with Crippen molar-refractivity contribution in [2.45, 2.75) is 25.4 Å². The normalized spacial score (nSPS) is 13.8. The van der Waals surface area contributed by atoms with Crippen LogP contribution in [0.25, 0.3) is 0 Å². The van der Waals surface area contributed by atoms with Crippen LogP contribution in [0.2, 0.25) is 0 Å². The van der Waals surface area contributed by atoms with Gasteiger partial charge in [-0.25, -0.2) is 0 Å². The van der Waals surface area contributed by atoms with Gasteiger partial charge >= 0.3 is 0 Å². The highest BCUT2D eigenvalue weighted by Gasteiger charge is 2.21. The van der Waals surface area contributed by atoms with Gasteiger partial charge in [0.15, 0.2) is 5.11 Å². The third kappa shape index (κ3) is 3.95. The Bertz CT molecular complexity index is 636. The van der Waals surface area contributed by atoms with Crippen LogP contribution in [0.3, 0.4) is 0 Å². The maximum atomic E-state index is 5.25. The largest absolute Gasteiger partial charge is 0.497 e. The van der Waals surface area contributed by atoms with Crippen molar-refractivity contribution in [3.05, 3.63) is 42.2 Å². The molecule has 1 aliphatic rings. The molecule has 1 saturated carbocycles. The highest BCUT2D eigenvalue weighted by Crippen LogP contribution is 2.19. The molecule has 1 aromatic carbocycles. The van der Waals surface area contributed by atoms with Gasteiger partial charge in [-0.3, -0.25) is 4.68 Å². The molecule has 1 heterocycles. The number of nitrogens with one attached hydrogen (secondary N) is 2. The predicted octanol–water partition coefficient (Wildman–Crippen LogP) is 2.39. The Morgan fingerprint density at radius 2 is 2.33 bits per heavy atom. The van der Waals surface area contributed by atoms with E-state index in [2.05, 4.69) is 21.8 Å². The topological polar surface area (TPSA) is 51.1 Å². The molecular weight excluding hydrogens is 284 g/mol. The second-order valence-electron chi connectivity index (χ2n) is 5.15.